The van der Waals surface area contributed by atoms with Crippen molar-refractivity contribution in [1.29, 1.82) is 0 Å². The van der Waals surface area contributed by atoms with E-state index in [1.165, 1.54) is 4.90 Å². The maximum atomic E-state index is 12.4. The summed E-state index contributed by atoms with van der Waals surface area (Å²) in [5.74, 6) is 0.906. The number of carbonyl (C=O) groups is 1. The highest BCUT2D eigenvalue weighted by atomic mass is 19.4. The van der Waals surface area contributed by atoms with Gasteiger partial charge in [-0.15, -0.1) is 0 Å². The number of hydrogen-bond donors (Lipinski definition) is 0. The summed E-state index contributed by atoms with van der Waals surface area (Å²) in [5.41, 5.74) is 0.916. The lowest BCUT2D eigenvalue weighted by atomic mass is 9.96. The van der Waals surface area contributed by atoms with E-state index in [1.807, 2.05) is 25.1 Å². The molecule has 1 aromatic rings. The number of carbonyl (C=O) groups excluding carboxylic acids is 1. The highest BCUT2D eigenvalue weighted by Gasteiger charge is 2.33. The van der Waals surface area contributed by atoms with Crippen LogP contribution in [0.1, 0.15) is 25.3 Å². The zero-order valence-corrected chi connectivity index (χ0v) is 16.0. The number of esters is 1. The van der Waals surface area contributed by atoms with Gasteiger partial charge in [-0.3, -0.25) is 9.69 Å². The molecule has 5 nitrogen and oxygen atoms in total. The van der Waals surface area contributed by atoms with Crippen molar-refractivity contribution in [2.24, 2.45) is 11.8 Å². The van der Waals surface area contributed by atoms with Crippen molar-refractivity contribution in [3.8, 4) is 11.5 Å². The Balaban J connectivity index is 1.44. The van der Waals surface area contributed by atoms with Crippen LogP contribution in [0.4, 0.5) is 13.2 Å². The van der Waals surface area contributed by atoms with Crippen LogP contribution in [-0.2, 0) is 16.0 Å². The van der Waals surface area contributed by atoms with Crippen LogP contribution < -0.4 is 9.47 Å². The van der Waals surface area contributed by atoms with Crippen molar-refractivity contribution in [2.45, 2.75) is 32.4 Å². The number of likely N-dealkylation sites (tertiary alicyclic amines) is 1. The van der Waals surface area contributed by atoms with Crippen LogP contribution in [0.3, 0.4) is 0 Å². The van der Waals surface area contributed by atoms with Crippen molar-refractivity contribution in [3.63, 3.8) is 0 Å². The summed E-state index contributed by atoms with van der Waals surface area (Å²) in [6, 6.07) is 5.57. The lowest BCUT2D eigenvalue weighted by Gasteiger charge is -2.32. The molecule has 0 amide bonds. The van der Waals surface area contributed by atoms with Crippen LogP contribution in [0, 0.1) is 11.8 Å². The number of benzene rings is 1. The summed E-state index contributed by atoms with van der Waals surface area (Å²) in [6.07, 6.45) is -2.44. The summed E-state index contributed by atoms with van der Waals surface area (Å²) in [7, 11) is 0. The lowest BCUT2D eigenvalue weighted by molar-refractivity contribution is -0.154. The Morgan fingerprint density at radius 3 is 2.71 bits per heavy atom. The van der Waals surface area contributed by atoms with Crippen molar-refractivity contribution >= 4 is 5.97 Å². The quantitative estimate of drug-likeness (QED) is 0.684. The van der Waals surface area contributed by atoms with Gasteiger partial charge >= 0.3 is 12.1 Å². The second kappa shape index (κ2) is 9.03. The molecule has 8 heteroatoms. The average molecular weight is 401 g/mol. The highest BCUT2D eigenvalue weighted by molar-refractivity contribution is 5.73. The van der Waals surface area contributed by atoms with Gasteiger partial charge in [-0.1, -0.05) is 0 Å². The van der Waals surface area contributed by atoms with Crippen LogP contribution in [0.15, 0.2) is 18.2 Å². The van der Waals surface area contributed by atoms with Crippen LogP contribution in [0.25, 0.3) is 0 Å². The van der Waals surface area contributed by atoms with Crippen molar-refractivity contribution < 1.29 is 32.2 Å². The van der Waals surface area contributed by atoms with Crippen molar-refractivity contribution in [2.75, 3.05) is 39.5 Å². The molecule has 3 rings (SSSR count). The molecule has 0 N–H and O–H groups in total. The van der Waals surface area contributed by atoms with Crippen LogP contribution in [0.2, 0.25) is 0 Å². The summed E-state index contributed by atoms with van der Waals surface area (Å²) in [6.45, 7) is 2.87. The van der Waals surface area contributed by atoms with Gasteiger partial charge in [0.05, 0.1) is 25.7 Å². The number of halogens is 3. The first kappa shape index (κ1) is 20.8. The van der Waals surface area contributed by atoms with Gasteiger partial charge < -0.3 is 14.2 Å². The maximum Gasteiger partial charge on any atom is 0.401 e. The molecule has 1 fully saturated rings. The predicted molar refractivity (Wildman–Crippen MR) is 96.5 cm³/mol. The zero-order valence-electron chi connectivity index (χ0n) is 16.0. The van der Waals surface area contributed by atoms with Gasteiger partial charge in [-0.25, -0.2) is 0 Å². The van der Waals surface area contributed by atoms with E-state index in [2.05, 4.69) is 0 Å². The molecule has 0 aromatic heterocycles. The Morgan fingerprint density at radius 2 is 2.04 bits per heavy atom. The molecule has 2 heterocycles. The number of rotatable bonds is 6. The Hall–Kier alpha value is -1.96. The number of ether oxygens (including phenoxy) is 3. The molecule has 156 valence electrons. The fourth-order valence-electron chi connectivity index (χ4n) is 3.66. The van der Waals surface area contributed by atoms with E-state index in [-0.39, 0.29) is 31.0 Å². The third kappa shape index (κ3) is 5.77. The van der Waals surface area contributed by atoms with Gasteiger partial charge in [-0.05, 0) is 69.0 Å². The molecule has 2 aliphatic rings. The van der Waals surface area contributed by atoms with Crippen molar-refractivity contribution in [1.82, 2.24) is 4.90 Å². The number of nitrogens with zero attached hydrogens (tertiary/aromatic N) is 1. The zero-order chi connectivity index (χ0) is 20.1. The van der Waals surface area contributed by atoms with Crippen LogP contribution >= 0.6 is 0 Å². The van der Waals surface area contributed by atoms with Gasteiger partial charge in [0, 0.05) is 0 Å². The van der Waals surface area contributed by atoms with Gasteiger partial charge in [0.2, 0.25) is 0 Å². The summed E-state index contributed by atoms with van der Waals surface area (Å²) < 4.78 is 53.9. The van der Waals surface area contributed by atoms with Gasteiger partial charge in [0.1, 0.15) is 18.1 Å². The fourth-order valence-corrected chi connectivity index (χ4v) is 3.66. The molecule has 1 aromatic carbocycles. The number of alkyl halides is 3. The molecule has 0 saturated carbocycles. The first-order valence-electron chi connectivity index (χ1n) is 9.68. The third-order valence-electron chi connectivity index (χ3n) is 5.15. The molecular weight excluding hydrogens is 375 g/mol. The van der Waals surface area contributed by atoms with E-state index < -0.39 is 12.7 Å². The second-order valence-electron chi connectivity index (χ2n) is 7.38. The Bertz CT molecular complexity index is 672. The van der Waals surface area contributed by atoms with Gasteiger partial charge in [0.15, 0.2) is 0 Å². The summed E-state index contributed by atoms with van der Waals surface area (Å²) >= 11 is 0. The van der Waals surface area contributed by atoms with Gasteiger partial charge in [0.25, 0.3) is 0 Å². The normalized spacial score (nSPS) is 20.9. The molecule has 1 atom stereocenters. The smallest absolute Gasteiger partial charge is 0.401 e. The largest absolute Gasteiger partial charge is 0.494 e. The first-order chi connectivity index (χ1) is 13.3. The molecule has 0 bridgehead atoms. The summed E-state index contributed by atoms with van der Waals surface area (Å²) in [5, 5.41) is 0. The molecule has 1 unspecified atom stereocenters. The Labute approximate surface area is 162 Å². The number of fused-ring (bicyclic) bond motifs is 1. The van der Waals surface area contributed by atoms with Crippen LogP contribution in [0.5, 0.6) is 11.5 Å². The van der Waals surface area contributed by atoms with E-state index >= 15 is 0 Å². The fraction of sp³-hybridized carbons (Fsp3) is 0.650. The monoisotopic (exact) mass is 401 g/mol. The van der Waals surface area contributed by atoms with E-state index in [9.17, 15) is 18.0 Å². The predicted octanol–water partition coefficient (Wildman–Crippen LogP) is 3.45. The number of piperidine rings is 1. The first-order valence-corrected chi connectivity index (χ1v) is 9.68. The molecule has 28 heavy (non-hydrogen) atoms. The van der Waals surface area contributed by atoms with E-state index in [4.69, 9.17) is 14.2 Å². The third-order valence-corrected chi connectivity index (χ3v) is 5.15. The SMILES string of the molecule is CCOc1ccc2c(c1)CC(C(=O)OCC1CCN(CC(F)(F)F)CC1)CO2. The second-order valence-corrected chi connectivity index (χ2v) is 7.38. The molecule has 0 spiro atoms. The van der Waals surface area contributed by atoms with E-state index in [0.29, 0.717) is 39.0 Å². The highest BCUT2D eigenvalue weighted by Crippen LogP contribution is 2.31. The van der Waals surface area contributed by atoms with Crippen LogP contribution in [-0.4, -0.2) is 56.5 Å². The summed E-state index contributed by atoms with van der Waals surface area (Å²) in [4.78, 5) is 13.8. The van der Waals surface area contributed by atoms with Gasteiger partial charge in [-0.2, -0.15) is 13.2 Å². The minimum absolute atomic E-state index is 0.106. The molecule has 0 aliphatic carbocycles. The Kier molecular flexibility index (Phi) is 6.69. The van der Waals surface area contributed by atoms with E-state index in [1.54, 1.807) is 0 Å². The Morgan fingerprint density at radius 1 is 1.29 bits per heavy atom. The molecule has 0 radical (unpaired) electrons. The van der Waals surface area contributed by atoms with E-state index in [0.717, 1.165) is 17.1 Å². The van der Waals surface area contributed by atoms with Crippen molar-refractivity contribution in [3.05, 3.63) is 23.8 Å². The topological polar surface area (TPSA) is 48.0 Å². The molecular formula is C20H26F3NO4. The maximum absolute atomic E-state index is 12.4. The average Bonchev–Trinajstić information content (AvgIpc) is 2.65. The minimum Gasteiger partial charge on any atom is -0.494 e. The minimum atomic E-state index is -4.17. The molecule has 2 aliphatic heterocycles. The molecule has 1 saturated heterocycles. The lowest BCUT2D eigenvalue weighted by Crippen LogP contribution is -2.41. The number of hydrogen-bond acceptors (Lipinski definition) is 5. The standard InChI is InChI=1S/C20H26F3NO4/c1-2-26-17-3-4-18-15(10-17)9-16(12-27-18)19(25)28-11-14-5-7-24(8-6-14)13-20(21,22)23/h3-4,10,14,16H,2,5-9,11-13H2,1H3.